The molecule has 0 saturated carbocycles. The summed E-state index contributed by atoms with van der Waals surface area (Å²) < 4.78 is 26.1. The quantitative estimate of drug-likeness (QED) is 0.525. The molecule has 17 heavy (non-hydrogen) atoms. The van der Waals surface area contributed by atoms with E-state index in [1.54, 1.807) is 0 Å². The highest BCUT2D eigenvalue weighted by Crippen LogP contribution is 2.69. The molecule has 0 aliphatic heterocycles. The van der Waals surface area contributed by atoms with Gasteiger partial charge in [0.1, 0.15) is 0 Å². The fourth-order valence-corrected chi connectivity index (χ4v) is 7.78. The Morgan fingerprint density at radius 1 is 1.12 bits per heavy atom. The summed E-state index contributed by atoms with van der Waals surface area (Å²) in [6, 6.07) is 0. The molecule has 0 saturated heterocycles. The molecule has 0 bridgehead atoms. The van der Waals surface area contributed by atoms with Gasteiger partial charge in [-0.15, -0.1) is 0 Å². The van der Waals surface area contributed by atoms with Gasteiger partial charge in [0, 0.05) is 11.5 Å². The van der Waals surface area contributed by atoms with Crippen LogP contribution in [0.2, 0.25) is 0 Å². The van der Waals surface area contributed by atoms with E-state index in [4.69, 9.17) is 18.6 Å². The van der Waals surface area contributed by atoms with Crippen LogP contribution in [0, 0.1) is 0 Å². The van der Waals surface area contributed by atoms with Crippen molar-refractivity contribution in [2.45, 2.75) is 33.6 Å². The van der Waals surface area contributed by atoms with Gasteiger partial charge in [0.2, 0.25) is 0 Å². The van der Waals surface area contributed by atoms with Gasteiger partial charge in [0.15, 0.2) is 0 Å². The van der Waals surface area contributed by atoms with Gasteiger partial charge in [-0.05, 0) is 19.8 Å². The van der Waals surface area contributed by atoms with Crippen LogP contribution in [-0.2, 0) is 13.6 Å². The van der Waals surface area contributed by atoms with Gasteiger partial charge in [-0.1, -0.05) is 36.6 Å². The number of rotatable bonds is 8. The molecule has 0 aliphatic carbocycles. The molecular weight excluding hydrogens is 299 g/mol. The lowest BCUT2D eigenvalue weighted by Crippen LogP contribution is -1.90. The molecule has 0 rings (SSSR count). The van der Waals surface area contributed by atoms with Crippen LogP contribution in [0.5, 0.6) is 0 Å². The van der Waals surface area contributed by atoms with Crippen LogP contribution in [0.25, 0.3) is 0 Å². The Labute approximate surface area is 113 Å². The first-order valence-electron chi connectivity index (χ1n) is 5.37. The highest BCUT2D eigenvalue weighted by atomic mass is 33.1. The summed E-state index contributed by atoms with van der Waals surface area (Å²) >= 11 is 2.97. The molecule has 0 amide bonds. The Morgan fingerprint density at radius 3 is 1.71 bits per heavy atom. The zero-order chi connectivity index (χ0) is 13.7. The first kappa shape index (κ1) is 19.8. The minimum absolute atomic E-state index is 0.546. The van der Waals surface area contributed by atoms with E-state index in [1.807, 2.05) is 6.92 Å². The highest BCUT2D eigenvalue weighted by molar-refractivity contribution is 8.89. The van der Waals surface area contributed by atoms with Gasteiger partial charge in [0.05, 0.1) is 6.61 Å². The third kappa shape index (κ3) is 16.5. The standard InChI is InChI=1S/C8H19O2PS2.H2O3Si/c1-4-7-12-11(9,10-6-3)13-8-5-2;1-4(2)3/h4-8H2,1-3H3;1-2H. The smallest absolute Gasteiger partial charge is 0.511 e. The van der Waals surface area contributed by atoms with Crippen LogP contribution < -0.4 is 0 Å². The average molecular weight is 320 g/mol. The van der Waals surface area contributed by atoms with Crippen LogP contribution in [-0.4, -0.2) is 36.9 Å². The molecule has 0 aromatic carbocycles. The van der Waals surface area contributed by atoms with Crippen LogP contribution in [0.3, 0.4) is 0 Å². The number of hydrogen-bond acceptors (Lipinski definition) is 5. The van der Waals surface area contributed by atoms with E-state index in [1.165, 1.54) is 22.8 Å². The maximum Gasteiger partial charge on any atom is 0.761 e. The Bertz CT molecular complexity index is 226. The lowest BCUT2D eigenvalue weighted by Gasteiger charge is -2.14. The van der Waals surface area contributed by atoms with E-state index in [2.05, 4.69) is 13.8 Å². The van der Waals surface area contributed by atoms with Crippen molar-refractivity contribution in [2.75, 3.05) is 18.1 Å². The first-order valence-corrected chi connectivity index (χ1v) is 11.5. The zero-order valence-corrected chi connectivity index (χ0v) is 13.9. The van der Waals surface area contributed by atoms with Gasteiger partial charge >= 0.3 is 14.9 Å². The average Bonchev–Trinajstić information content (AvgIpc) is 2.23. The van der Waals surface area contributed by atoms with Crippen LogP contribution in [0.4, 0.5) is 0 Å². The molecule has 2 N–H and O–H groups in total. The second kappa shape index (κ2) is 13.0. The molecule has 0 fully saturated rings. The summed E-state index contributed by atoms with van der Waals surface area (Å²) in [6.07, 6.45) is 2.10. The summed E-state index contributed by atoms with van der Waals surface area (Å²) in [5.74, 6) is -0.570. The van der Waals surface area contributed by atoms with Crippen molar-refractivity contribution in [1.82, 2.24) is 0 Å². The van der Waals surface area contributed by atoms with Crippen molar-refractivity contribution in [1.29, 1.82) is 0 Å². The van der Waals surface area contributed by atoms with Crippen molar-refractivity contribution in [2.24, 2.45) is 0 Å². The predicted molar refractivity (Wildman–Crippen MR) is 75.6 cm³/mol. The third-order valence-corrected chi connectivity index (χ3v) is 9.11. The topological polar surface area (TPSA) is 83.8 Å². The van der Waals surface area contributed by atoms with Crippen molar-refractivity contribution < 1.29 is 23.1 Å². The summed E-state index contributed by atoms with van der Waals surface area (Å²) in [7, 11) is -3.13. The van der Waals surface area contributed by atoms with Crippen molar-refractivity contribution in [3.63, 3.8) is 0 Å². The van der Waals surface area contributed by atoms with Gasteiger partial charge in [-0.25, -0.2) is 0 Å². The van der Waals surface area contributed by atoms with Crippen molar-refractivity contribution in [3.8, 4) is 0 Å². The molecule has 104 valence electrons. The SMILES string of the molecule is CCCSP(=O)(OCC)SCCC.O=[Si](O)O. The molecule has 5 nitrogen and oxygen atoms in total. The Balaban J connectivity index is 0. The maximum absolute atomic E-state index is 12.0. The third-order valence-electron chi connectivity index (χ3n) is 1.19. The predicted octanol–water partition coefficient (Wildman–Crippen LogP) is 2.80. The summed E-state index contributed by atoms with van der Waals surface area (Å²) in [4.78, 5) is 14.3. The Kier molecular flexibility index (Phi) is 15.1. The van der Waals surface area contributed by atoms with Gasteiger partial charge in [0.25, 0.3) is 0 Å². The summed E-state index contributed by atoms with van der Waals surface area (Å²) in [5.41, 5.74) is 0. The molecule has 0 atom stereocenters. The van der Waals surface area contributed by atoms with Gasteiger partial charge < -0.3 is 14.1 Å². The lowest BCUT2D eigenvalue weighted by molar-refractivity contribution is 0.330. The lowest BCUT2D eigenvalue weighted by atomic mass is 10.6. The van der Waals surface area contributed by atoms with E-state index >= 15 is 0 Å². The fraction of sp³-hybridized carbons (Fsp3) is 1.00. The van der Waals surface area contributed by atoms with Crippen LogP contribution >= 0.6 is 28.5 Å². The van der Waals surface area contributed by atoms with Crippen molar-refractivity contribution >= 4 is 37.7 Å². The molecule has 0 aromatic heterocycles. The summed E-state index contributed by atoms with van der Waals surface area (Å²) in [6.45, 7) is 6.62. The first-order chi connectivity index (χ1) is 7.91. The van der Waals surface area contributed by atoms with Gasteiger partial charge in [-0.3, -0.25) is 9.03 Å². The van der Waals surface area contributed by atoms with E-state index in [-0.39, 0.29) is 0 Å². The van der Waals surface area contributed by atoms with Crippen molar-refractivity contribution in [3.05, 3.63) is 0 Å². The van der Waals surface area contributed by atoms with E-state index in [0.29, 0.717) is 6.61 Å². The normalized spacial score (nSPS) is 10.5. The second-order valence-corrected chi connectivity index (χ2v) is 11.0. The zero-order valence-electron chi connectivity index (χ0n) is 10.4. The minimum atomic E-state index is -3.13. The minimum Gasteiger partial charge on any atom is -0.511 e. The monoisotopic (exact) mass is 320 g/mol. The van der Waals surface area contributed by atoms with E-state index in [0.717, 1.165) is 24.3 Å². The molecule has 0 heterocycles. The fourth-order valence-electron chi connectivity index (χ4n) is 0.676. The molecular formula is C8H21O5PS2Si. The molecule has 9 heteroatoms. The largest absolute Gasteiger partial charge is 0.761 e. The second-order valence-electron chi connectivity index (χ2n) is 2.81. The molecule has 0 unspecified atom stereocenters. The van der Waals surface area contributed by atoms with Crippen LogP contribution in [0.1, 0.15) is 33.6 Å². The molecule has 0 aliphatic rings. The van der Waals surface area contributed by atoms with E-state index < -0.39 is 14.9 Å². The highest BCUT2D eigenvalue weighted by Gasteiger charge is 2.22. The Hall–Kier alpha value is 0.507. The molecule has 0 radical (unpaired) electrons. The van der Waals surface area contributed by atoms with Crippen LogP contribution in [0.15, 0.2) is 0 Å². The molecule has 0 aromatic rings. The van der Waals surface area contributed by atoms with E-state index in [9.17, 15) is 4.57 Å². The molecule has 0 spiro atoms. The maximum atomic E-state index is 12.0. The summed E-state index contributed by atoms with van der Waals surface area (Å²) in [5, 5.41) is 0. The van der Waals surface area contributed by atoms with Gasteiger partial charge in [-0.2, -0.15) is 0 Å². The number of hydrogen-bond donors (Lipinski definition) is 2. The Morgan fingerprint density at radius 2 is 1.47 bits per heavy atom.